The highest BCUT2D eigenvalue weighted by molar-refractivity contribution is 5.95. The molecule has 0 radical (unpaired) electrons. The number of hydrogen-bond donors (Lipinski definition) is 1. The van der Waals surface area contributed by atoms with Crippen LogP contribution in [0.3, 0.4) is 0 Å². The van der Waals surface area contributed by atoms with Crippen molar-refractivity contribution < 1.29 is 4.79 Å². The first kappa shape index (κ1) is 21.1. The number of rotatable bonds is 8. The molecule has 1 saturated heterocycles. The minimum absolute atomic E-state index is 0.0339. The van der Waals surface area contributed by atoms with E-state index in [1.807, 2.05) is 24.3 Å². The van der Waals surface area contributed by atoms with E-state index in [4.69, 9.17) is 0 Å². The molecule has 0 spiro atoms. The quantitative estimate of drug-likeness (QED) is 0.606. The van der Waals surface area contributed by atoms with Crippen molar-refractivity contribution in [1.82, 2.24) is 10.2 Å². The molecule has 1 amide bonds. The second kappa shape index (κ2) is 10.8. The number of anilines is 1. The second-order valence-electron chi connectivity index (χ2n) is 8.06. The fourth-order valence-electron chi connectivity index (χ4n) is 4.17. The Labute approximate surface area is 185 Å². The largest absolute Gasteiger partial charge is 0.369 e. The molecule has 0 bridgehead atoms. The van der Waals surface area contributed by atoms with Gasteiger partial charge in [-0.1, -0.05) is 66.7 Å². The molecule has 4 nitrogen and oxygen atoms in total. The Hall–Kier alpha value is -3.11. The molecule has 4 rings (SSSR count). The molecule has 3 aromatic carbocycles. The Kier molecular flexibility index (Phi) is 7.35. The van der Waals surface area contributed by atoms with Crippen LogP contribution in [0, 0.1) is 0 Å². The third kappa shape index (κ3) is 5.96. The molecule has 1 fully saturated rings. The van der Waals surface area contributed by atoms with E-state index in [0.717, 1.165) is 56.7 Å². The van der Waals surface area contributed by atoms with Gasteiger partial charge in [-0.25, -0.2) is 0 Å². The summed E-state index contributed by atoms with van der Waals surface area (Å²) in [5, 5.41) is 3.13. The van der Waals surface area contributed by atoms with Gasteiger partial charge >= 0.3 is 0 Å². The number of nitrogens with one attached hydrogen (secondary N) is 1. The fraction of sp³-hybridized carbons (Fsp3) is 0.296. The Bertz CT molecular complexity index is 950. The maximum Gasteiger partial charge on any atom is 0.251 e. The number of aryl methyl sites for hydroxylation is 2. The lowest BCUT2D eigenvalue weighted by molar-refractivity contribution is 0.0947. The smallest absolute Gasteiger partial charge is 0.251 e. The molecular formula is C27H31N3O. The Balaban J connectivity index is 1.23. The molecule has 160 valence electrons. The Morgan fingerprint density at radius 1 is 0.742 bits per heavy atom. The van der Waals surface area contributed by atoms with Crippen LogP contribution in [0.25, 0.3) is 0 Å². The van der Waals surface area contributed by atoms with Gasteiger partial charge in [-0.3, -0.25) is 9.69 Å². The van der Waals surface area contributed by atoms with Crippen LogP contribution in [-0.4, -0.2) is 50.1 Å². The summed E-state index contributed by atoms with van der Waals surface area (Å²) in [6, 6.07) is 29.0. The third-order valence-electron chi connectivity index (χ3n) is 6.00. The van der Waals surface area contributed by atoms with Crippen molar-refractivity contribution in [3.8, 4) is 0 Å². The predicted octanol–water partition coefficient (Wildman–Crippen LogP) is 4.02. The van der Waals surface area contributed by atoms with Gasteiger partial charge in [0.2, 0.25) is 0 Å². The predicted molar refractivity (Wildman–Crippen MR) is 128 cm³/mol. The molecule has 0 aliphatic carbocycles. The summed E-state index contributed by atoms with van der Waals surface area (Å²) in [5.41, 5.74) is 4.50. The van der Waals surface area contributed by atoms with Crippen molar-refractivity contribution in [1.29, 1.82) is 0 Å². The molecule has 0 unspecified atom stereocenters. The molecule has 1 aliphatic rings. The van der Waals surface area contributed by atoms with Crippen molar-refractivity contribution in [2.45, 2.75) is 12.8 Å². The summed E-state index contributed by atoms with van der Waals surface area (Å²) >= 11 is 0. The van der Waals surface area contributed by atoms with Gasteiger partial charge in [-0.2, -0.15) is 0 Å². The second-order valence-corrected chi connectivity index (χ2v) is 8.06. The van der Waals surface area contributed by atoms with Crippen LogP contribution in [0.2, 0.25) is 0 Å². The topological polar surface area (TPSA) is 35.6 Å². The van der Waals surface area contributed by atoms with Crippen molar-refractivity contribution in [2.24, 2.45) is 0 Å². The number of para-hydroxylation sites is 1. The minimum atomic E-state index is 0.0339. The first-order valence-electron chi connectivity index (χ1n) is 11.2. The van der Waals surface area contributed by atoms with Gasteiger partial charge in [-0.15, -0.1) is 0 Å². The number of carbonyl (C=O) groups is 1. The molecule has 3 aromatic rings. The van der Waals surface area contributed by atoms with E-state index in [-0.39, 0.29) is 5.91 Å². The number of benzene rings is 3. The van der Waals surface area contributed by atoms with Gasteiger partial charge in [0.1, 0.15) is 0 Å². The molecule has 1 N–H and O–H groups in total. The average Bonchev–Trinajstić information content (AvgIpc) is 2.84. The number of carbonyl (C=O) groups excluding carboxylic acids is 1. The molecule has 1 heterocycles. The average molecular weight is 414 g/mol. The van der Waals surface area contributed by atoms with E-state index in [2.05, 4.69) is 75.8 Å². The summed E-state index contributed by atoms with van der Waals surface area (Å²) < 4.78 is 0. The summed E-state index contributed by atoms with van der Waals surface area (Å²) in [5.74, 6) is 0.0339. The van der Waals surface area contributed by atoms with E-state index in [1.54, 1.807) is 0 Å². The van der Waals surface area contributed by atoms with Crippen molar-refractivity contribution >= 4 is 11.6 Å². The maximum atomic E-state index is 12.8. The first-order valence-corrected chi connectivity index (χ1v) is 11.2. The van der Waals surface area contributed by atoms with Gasteiger partial charge in [0.15, 0.2) is 0 Å². The summed E-state index contributed by atoms with van der Waals surface area (Å²) in [6.45, 7) is 5.68. The number of amides is 1. The Morgan fingerprint density at radius 2 is 1.39 bits per heavy atom. The van der Waals surface area contributed by atoms with E-state index < -0.39 is 0 Å². The fourth-order valence-corrected chi connectivity index (χ4v) is 4.17. The summed E-state index contributed by atoms with van der Waals surface area (Å²) in [4.78, 5) is 17.7. The number of hydrogen-bond acceptors (Lipinski definition) is 3. The maximum absolute atomic E-state index is 12.8. The van der Waals surface area contributed by atoms with Crippen molar-refractivity contribution in [3.05, 3.63) is 102 Å². The molecule has 31 heavy (non-hydrogen) atoms. The number of piperazine rings is 1. The SMILES string of the molecule is O=C(NCCN1CCN(c2ccccc2)CC1)c1ccccc1CCc1ccccc1. The van der Waals surface area contributed by atoms with Crippen LogP contribution in [0.5, 0.6) is 0 Å². The van der Waals surface area contributed by atoms with Crippen LogP contribution >= 0.6 is 0 Å². The third-order valence-corrected chi connectivity index (χ3v) is 6.00. The molecule has 0 atom stereocenters. The minimum Gasteiger partial charge on any atom is -0.369 e. The van der Waals surface area contributed by atoms with E-state index in [9.17, 15) is 4.79 Å². The standard InChI is InChI=1S/C27H31N3O/c31-27(26-14-8-7-11-24(26)16-15-23-9-3-1-4-10-23)28-17-18-29-19-21-30(22-20-29)25-12-5-2-6-13-25/h1-14H,15-22H2,(H,28,31). The van der Waals surface area contributed by atoms with Crippen LogP contribution < -0.4 is 10.2 Å². The van der Waals surface area contributed by atoms with Crippen molar-refractivity contribution in [3.63, 3.8) is 0 Å². The molecule has 1 aliphatic heterocycles. The van der Waals surface area contributed by atoms with Crippen LogP contribution in [0.15, 0.2) is 84.9 Å². The van der Waals surface area contributed by atoms with Crippen molar-refractivity contribution in [2.75, 3.05) is 44.2 Å². The van der Waals surface area contributed by atoms with Crippen LogP contribution in [0.4, 0.5) is 5.69 Å². The van der Waals surface area contributed by atoms with Gasteiger partial charge in [0, 0.05) is 50.5 Å². The highest BCUT2D eigenvalue weighted by Gasteiger charge is 2.17. The summed E-state index contributed by atoms with van der Waals surface area (Å²) in [6.07, 6.45) is 1.81. The molecular weight excluding hydrogens is 382 g/mol. The number of nitrogens with zero attached hydrogens (tertiary/aromatic N) is 2. The van der Waals surface area contributed by atoms with Gasteiger partial charge < -0.3 is 10.2 Å². The lowest BCUT2D eigenvalue weighted by atomic mass is 9.99. The lowest BCUT2D eigenvalue weighted by Crippen LogP contribution is -2.48. The monoisotopic (exact) mass is 413 g/mol. The normalized spacial score (nSPS) is 14.4. The zero-order chi connectivity index (χ0) is 21.3. The van der Waals surface area contributed by atoms with E-state index in [0.29, 0.717) is 6.54 Å². The zero-order valence-corrected chi connectivity index (χ0v) is 18.0. The van der Waals surface area contributed by atoms with Gasteiger partial charge in [0.25, 0.3) is 5.91 Å². The highest BCUT2D eigenvalue weighted by atomic mass is 16.1. The van der Waals surface area contributed by atoms with E-state index >= 15 is 0 Å². The molecule has 0 saturated carbocycles. The van der Waals surface area contributed by atoms with Gasteiger partial charge in [-0.05, 0) is 42.2 Å². The highest BCUT2D eigenvalue weighted by Crippen LogP contribution is 2.16. The van der Waals surface area contributed by atoms with Crippen LogP contribution in [0.1, 0.15) is 21.5 Å². The van der Waals surface area contributed by atoms with E-state index in [1.165, 1.54) is 11.3 Å². The molecule has 4 heteroatoms. The van der Waals surface area contributed by atoms with Crippen LogP contribution in [-0.2, 0) is 12.8 Å². The Morgan fingerprint density at radius 3 is 2.13 bits per heavy atom. The first-order chi connectivity index (χ1) is 15.3. The molecule has 0 aromatic heterocycles. The van der Waals surface area contributed by atoms with Gasteiger partial charge in [0.05, 0.1) is 0 Å². The summed E-state index contributed by atoms with van der Waals surface area (Å²) in [7, 11) is 0. The lowest BCUT2D eigenvalue weighted by Gasteiger charge is -2.36. The zero-order valence-electron chi connectivity index (χ0n) is 18.0.